The van der Waals surface area contributed by atoms with Crippen molar-refractivity contribution in [3.05, 3.63) is 47.5 Å². The lowest BCUT2D eigenvalue weighted by Gasteiger charge is -2.02. The molecule has 0 saturated heterocycles. The van der Waals surface area contributed by atoms with E-state index in [0.29, 0.717) is 5.56 Å². The predicted molar refractivity (Wildman–Crippen MR) is 59.1 cm³/mol. The van der Waals surface area contributed by atoms with Crippen LogP contribution in [0.25, 0.3) is 0 Å². The number of aromatic nitrogens is 2. The highest BCUT2D eigenvalue weighted by molar-refractivity contribution is 5.91. The van der Waals surface area contributed by atoms with Gasteiger partial charge in [-0.3, -0.25) is 4.68 Å². The van der Waals surface area contributed by atoms with Crippen LogP contribution >= 0.6 is 0 Å². The van der Waals surface area contributed by atoms with Crippen LogP contribution in [0.2, 0.25) is 0 Å². The zero-order valence-corrected chi connectivity index (χ0v) is 8.80. The zero-order chi connectivity index (χ0) is 12.4. The highest BCUT2D eigenvalue weighted by Crippen LogP contribution is 2.12. The van der Waals surface area contributed by atoms with Gasteiger partial charge in [0.1, 0.15) is 5.82 Å². The minimum Gasteiger partial charge on any atom is -0.476 e. The van der Waals surface area contributed by atoms with Gasteiger partial charge in [-0.1, -0.05) is 18.2 Å². The number of rotatable bonds is 3. The minimum atomic E-state index is -1.20. The van der Waals surface area contributed by atoms with E-state index in [9.17, 15) is 9.18 Å². The second-order valence-electron chi connectivity index (χ2n) is 3.53. The molecule has 0 saturated carbocycles. The quantitative estimate of drug-likeness (QED) is 0.841. The number of nitrogens with zero attached hydrogens (tertiary/aromatic N) is 2. The number of nitrogens with two attached hydrogens (primary N) is 1. The molecule has 88 valence electrons. The van der Waals surface area contributed by atoms with Gasteiger partial charge in [0, 0.05) is 11.8 Å². The normalized spacial score (nSPS) is 10.4. The van der Waals surface area contributed by atoms with E-state index in [1.54, 1.807) is 18.2 Å². The van der Waals surface area contributed by atoms with E-state index >= 15 is 0 Å². The molecule has 0 amide bonds. The molecular weight excluding hydrogens is 225 g/mol. The molecule has 5 nitrogen and oxygen atoms in total. The first kappa shape index (κ1) is 11.1. The number of hydrogen-bond donors (Lipinski definition) is 2. The molecule has 2 rings (SSSR count). The number of halogens is 1. The van der Waals surface area contributed by atoms with Crippen molar-refractivity contribution in [2.24, 2.45) is 0 Å². The molecule has 17 heavy (non-hydrogen) atoms. The monoisotopic (exact) mass is 235 g/mol. The highest BCUT2D eigenvalue weighted by Gasteiger charge is 2.13. The molecule has 6 heteroatoms. The summed E-state index contributed by atoms with van der Waals surface area (Å²) in [5.74, 6) is -1.56. The maximum atomic E-state index is 13.4. The maximum absolute atomic E-state index is 13.4. The Hall–Kier alpha value is -2.37. The number of benzene rings is 1. The van der Waals surface area contributed by atoms with Crippen LogP contribution in [0.15, 0.2) is 30.5 Å². The van der Waals surface area contributed by atoms with Gasteiger partial charge in [-0.15, -0.1) is 0 Å². The number of nitrogen functional groups attached to an aromatic ring is 1. The number of aromatic carboxylic acids is 1. The fourth-order valence-electron chi connectivity index (χ4n) is 1.49. The average molecular weight is 235 g/mol. The second-order valence-corrected chi connectivity index (χ2v) is 3.53. The van der Waals surface area contributed by atoms with Gasteiger partial charge in [-0.2, -0.15) is 5.10 Å². The Balaban J connectivity index is 2.28. The van der Waals surface area contributed by atoms with Crippen molar-refractivity contribution in [1.29, 1.82) is 0 Å². The molecule has 0 aliphatic rings. The first-order valence-corrected chi connectivity index (χ1v) is 4.87. The Bertz CT molecular complexity index is 566. The minimum absolute atomic E-state index is 0.0637. The molecule has 3 N–H and O–H groups in total. The van der Waals surface area contributed by atoms with Gasteiger partial charge >= 0.3 is 5.97 Å². The van der Waals surface area contributed by atoms with Crippen LogP contribution in [0.3, 0.4) is 0 Å². The molecule has 0 aliphatic carbocycles. The number of carbonyl (C=O) groups is 1. The van der Waals surface area contributed by atoms with Gasteiger partial charge in [-0.05, 0) is 6.07 Å². The summed E-state index contributed by atoms with van der Waals surface area (Å²) in [6, 6.07) is 6.22. The molecule has 0 atom stereocenters. The molecule has 0 unspecified atom stereocenters. The number of anilines is 1. The summed E-state index contributed by atoms with van der Waals surface area (Å²) >= 11 is 0. The SMILES string of the molecule is Nc1cn(Cc2ccccc2F)nc1C(=O)O. The number of carboxylic acid groups (broad SMARTS) is 1. The van der Waals surface area contributed by atoms with Gasteiger partial charge in [0.25, 0.3) is 0 Å². The van der Waals surface area contributed by atoms with E-state index in [1.807, 2.05) is 0 Å². The summed E-state index contributed by atoms with van der Waals surface area (Å²) in [7, 11) is 0. The molecule has 1 heterocycles. The molecular formula is C11H10FN3O2. The van der Waals surface area contributed by atoms with Crippen molar-refractivity contribution >= 4 is 11.7 Å². The Morgan fingerprint density at radius 2 is 2.18 bits per heavy atom. The van der Waals surface area contributed by atoms with E-state index < -0.39 is 5.97 Å². The van der Waals surface area contributed by atoms with Gasteiger partial charge < -0.3 is 10.8 Å². The van der Waals surface area contributed by atoms with Crippen LogP contribution < -0.4 is 5.73 Å². The summed E-state index contributed by atoms with van der Waals surface area (Å²) in [5, 5.41) is 12.5. The zero-order valence-electron chi connectivity index (χ0n) is 8.80. The molecule has 1 aromatic carbocycles. The van der Waals surface area contributed by atoms with Crippen molar-refractivity contribution in [3.63, 3.8) is 0 Å². The molecule has 0 aliphatic heterocycles. The van der Waals surface area contributed by atoms with Crippen molar-refractivity contribution in [3.8, 4) is 0 Å². The summed E-state index contributed by atoms with van der Waals surface area (Å²) in [5.41, 5.74) is 5.74. The lowest BCUT2D eigenvalue weighted by molar-refractivity contribution is 0.0690. The van der Waals surface area contributed by atoms with E-state index in [4.69, 9.17) is 10.8 Å². The summed E-state index contributed by atoms with van der Waals surface area (Å²) < 4.78 is 14.7. The van der Waals surface area contributed by atoms with E-state index in [-0.39, 0.29) is 23.7 Å². The van der Waals surface area contributed by atoms with Crippen LogP contribution in [-0.2, 0) is 6.54 Å². The van der Waals surface area contributed by atoms with Gasteiger partial charge in [-0.25, -0.2) is 9.18 Å². The third kappa shape index (κ3) is 2.25. The molecule has 0 radical (unpaired) electrons. The van der Waals surface area contributed by atoms with Crippen molar-refractivity contribution < 1.29 is 14.3 Å². The highest BCUT2D eigenvalue weighted by atomic mass is 19.1. The Morgan fingerprint density at radius 1 is 1.47 bits per heavy atom. The average Bonchev–Trinajstić information content (AvgIpc) is 2.63. The van der Waals surface area contributed by atoms with Crippen LogP contribution in [0.5, 0.6) is 0 Å². The largest absolute Gasteiger partial charge is 0.476 e. The third-order valence-corrected chi connectivity index (χ3v) is 2.28. The van der Waals surface area contributed by atoms with Gasteiger partial charge in [0.05, 0.1) is 12.2 Å². The summed E-state index contributed by atoms with van der Waals surface area (Å²) in [4.78, 5) is 10.7. The summed E-state index contributed by atoms with van der Waals surface area (Å²) in [6.45, 7) is 0.143. The Morgan fingerprint density at radius 3 is 2.76 bits per heavy atom. The number of hydrogen-bond acceptors (Lipinski definition) is 3. The first-order valence-electron chi connectivity index (χ1n) is 4.87. The predicted octanol–water partition coefficient (Wildman–Crippen LogP) is 1.35. The third-order valence-electron chi connectivity index (χ3n) is 2.28. The Labute approximate surface area is 96.3 Å². The van der Waals surface area contributed by atoms with Crippen LogP contribution in [0.1, 0.15) is 16.1 Å². The van der Waals surface area contributed by atoms with E-state index in [1.165, 1.54) is 16.9 Å². The van der Waals surface area contributed by atoms with Crippen LogP contribution in [0.4, 0.5) is 10.1 Å². The van der Waals surface area contributed by atoms with Crippen molar-refractivity contribution in [2.45, 2.75) is 6.54 Å². The maximum Gasteiger partial charge on any atom is 0.358 e. The molecule has 2 aromatic rings. The molecule has 0 bridgehead atoms. The molecule has 0 spiro atoms. The van der Waals surface area contributed by atoms with Gasteiger partial charge in [0.15, 0.2) is 5.69 Å². The lowest BCUT2D eigenvalue weighted by Crippen LogP contribution is -2.05. The summed E-state index contributed by atoms with van der Waals surface area (Å²) in [6.07, 6.45) is 1.37. The van der Waals surface area contributed by atoms with Crippen LogP contribution in [-0.4, -0.2) is 20.9 Å². The lowest BCUT2D eigenvalue weighted by atomic mass is 10.2. The standard InChI is InChI=1S/C11H10FN3O2/c12-8-4-2-1-3-7(8)5-15-6-9(13)10(14-15)11(16)17/h1-4,6H,5,13H2,(H,16,17). The smallest absolute Gasteiger partial charge is 0.358 e. The first-order chi connectivity index (χ1) is 8.08. The fraction of sp³-hybridized carbons (Fsp3) is 0.0909. The fourth-order valence-corrected chi connectivity index (χ4v) is 1.49. The van der Waals surface area contributed by atoms with Crippen molar-refractivity contribution in [2.75, 3.05) is 5.73 Å². The molecule has 1 aromatic heterocycles. The Kier molecular flexibility index (Phi) is 2.78. The van der Waals surface area contributed by atoms with Gasteiger partial charge in [0.2, 0.25) is 0 Å². The number of carboxylic acids is 1. The molecule has 0 fully saturated rings. The van der Waals surface area contributed by atoms with E-state index in [2.05, 4.69) is 5.10 Å². The topological polar surface area (TPSA) is 81.1 Å². The van der Waals surface area contributed by atoms with Crippen LogP contribution in [0, 0.1) is 5.82 Å². The second kappa shape index (κ2) is 4.25. The van der Waals surface area contributed by atoms with E-state index in [0.717, 1.165) is 0 Å². The van der Waals surface area contributed by atoms with Crippen molar-refractivity contribution in [1.82, 2.24) is 9.78 Å².